The van der Waals surface area contributed by atoms with E-state index in [2.05, 4.69) is 26.0 Å². The molecule has 11 heteroatoms. The Labute approximate surface area is 201 Å². The monoisotopic (exact) mass is 551 g/mol. The molecule has 0 atom stereocenters. The van der Waals surface area contributed by atoms with Gasteiger partial charge in [0.1, 0.15) is 0 Å². The molecule has 3 aromatic rings. The summed E-state index contributed by atoms with van der Waals surface area (Å²) in [6.07, 6.45) is 0. The highest BCUT2D eigenvalue weighted by Crippen LogP contribution is 2.21. The molecule has 8 nitrogen and oxygen atoms in total. The maximum absolute atomic E-state index is 12.6. The van der Waals surface area contributed by atoms with Crippen LogP contribution < -0.4 is 14.3 Å². The second-order valence-electron chi connectivity index (χ2n) is 7.01. The van der Waals surface area contributed by atoms with E-state index in [1.54, 1.807) is 43.3 Å². The number of halogens is 1. The number of hydrogen-bond donors (Lipinski definition) is 2. The number of carbonyl (C=O) groups excluding carboxylic acids is 1. The molecule has 0 aliphatic carbocycles. The maximum atomic E-state index is 12.6. The fourth-order valence-electron chi connectivity index (χ4n) is 2.83. The van der Waals surface area contributed by atoms with Crippen LogP contribution >= 0.6 is 15.9 Å². The van der Waals surface area contributed by atoms with Gasteiger partial charge in [-0.25, -0.2) is 16.8 Å². The number of hydrogen-bond acceptors (Lipinski definition) is 5. The van der Waals surface area contributed by atoms with Crippen LogP contribution in [0.5, 0.6) is 0 Å². The highest BCUT2D eigenvalue weighted by molar-refractivity contribution is 9.10. The molecule has 0 saturated heterocycles. The Morgan fingerprint density at radius 2 is 1.39 bits per heavy atom. The minimum atomic E-state index is -3.78. The van der Waals surface area contributed by atoms with Gasteiger partial charge < -0.3 is 5.32 Å². The number of sulfonamides is 2. The summed E-state index contributed by atoms with van der Waals surface area (Å²) in [4.78, 5) is 12.6. The van der Waals surface area contributed by atoms with E-state index in [-0.39, 0.29) is 10.6 Å². The zero-order valence-corrected chi connectivity index (χ0v) is 21.0. The fraction of sp³-hybridized carbons (Fsp3) is 0.136. The van der Waals surface area contributed by atoms with Gasteiger partial charge >= 0.3 is 0 Å². The molecule has 0 unspecified atom stereocenters. The Morgan fingerprint density at radius 1 is 0.848 bits per heavy atom. The molecule has 0 saturated carbocycles. The van der Waals surface area contributed by atoms with Gasteiger partial charge in [0.2, 0.25) is 10.0 Å². The van der Waals surface area contributed by atoms with Crippen molar-refractivity contribution in [2.75, 3.05) is 27.1 Å². The second-order valence-corrected chi connectivity index (χ2v) is 11.9. The largest absolute Gasteiger partial charge is 0.322 e. The first-order valence-corrected chi connectivity index (χ1v) is 13.7. The third-order valence-electron chi connectivity index (χ3n) is 4.79. The van der Waals surface area contributed by atoms with Gasteiger partial charge in [-0.2, -0.15) is 0 Å². The summed E-state index contributed by atoms with van der Waals surface area (Å²) in [5, 5.41) is 2.69. The molecule has 33 heavy (non-hydrogen) atoms. The standard InChI is InChI=1S/C22H22BrN3O5S2/c1-3-32(28,29)26(2)20-12-4-16(5-13-20)22(27)24-18-10-14-21(15-11-18)33(30,31)25-19-8-6-17(23)7-9-19/h4-15,25H,3H2,1-2H3,(H,24,27). The lowest BCUT2D eigenvalue weighted by atomic mass is 10.2. The van der Waals surface area contributed by atoms with Gasteiger partial charge in [-0.05, 0) is 79.7 Å². The van der Waals surface area contributed by atoms with Crippen molar-refractivity contribution in [3.8, 4) is 0 Å². The van der Waals surface area contributed by atoms with Gasteiger partial charge in [0.15, 0.2) is 0 Å². The lowest BCUT2D eigenvalue weighted by molar-refractivity contribution is 0.102. The molecule has 174 valence electrons. The van der Waals surface area contributed by atoms with Crippen LogP contribution in [0.2, 0.25) is 0 Å². The van der Waals surface area contributed by atoms with E-state index in [1.807, 2.05) is 0 Å². The summed E-state index contributed by atoms with van der Waals surface area (Å²) in [5.74, 6) is -0.443. The molecule has 0 aliphatic rings. The summed E-state index contributed by atoms with van der Waals surface area (Å²) >= 11 is 3.30. The van der Waals surface area contributed by atoms with Crippen LogP contribution in [0, 0.1) is 0 Å². The van der Waals surface area contributed by atoms with E-state index in [4.69, 9.17) is 0 Å². The number of nitrogens with one attached hydrogen (secondary N) is 2. The van der Waals surface area contributed by atoms with E-state index in [0.29, 0.717) is 22.6 Å². The van der Waals surface area contributed by atoms with Gasteiger partial charge in [-0.1, -0.05) is 15.9 Å². The Morgan fingerprint density at radius 3 is 1.94 bits per heavy atom. The third-order valence-corrected chi connectivity index (χ3v) is 8.49. The van der Waals surface area contributed by atoms with Gasteiger partial charge in [0, 0.05) is 28.5 Å². The molecule has 2 N–H and O–H groups in total. The van der Waals surface area contributed by atoms with Gasteiger partial charge in [-0.3, -0.25) is 13.8 Å². The highest BCUT2D eigenvalue weighted by atomic mass is 79.9. The average Bonchev–Trinajstić information content (AvgIpc) is 2.80. The van der Waals surface area contributed by atoms with Crippen molar-refractivity contribution >= 4 is 58.9 Å². The SMILES string of the molecule is CCS(=O)(=O)N(C)c1ccc(C(=O)Nc2ccc(S(=O)(=O)Nc3ccc(Br)cc3)cc2)cc1. The van der Waals surface area contributed by atoms with Crippen molar-refractivity contribution in [3.05, 3.63) is 82.8 Å². The third kappa shape index (κ3) is 6.12. The molecule has 0 spiro atoms. The van der Waals surface area contributed by atoms with Crippen molar-refractivity contribution in [2.24, 2.45) is 0 Å². The second kappa shape index (κ2) is 9.94. The van der Waals surface area contributed by atoms with Crippen LogP contribution in [-0.2, 0) is 20.0 Å². The van der Waals surface area contributed by atoms with Crippen LogP contribution in [0.25, 0.3) is 0 Å². The van der Waals surface area contributed by atoms with Crippen molar-refractivity contribution in [1.82, 2.24) is 0 Å². The van der Waals surface area contributed by atoms with Crippen LogP contribution in [0.1, 0.15) is 17.3 Å². The molecule has 0 aromatic heterocycles. The highest BCUT2D eigenvalue weighted by Gasteiger charge is 2.17. The molecule has 0 bridgehead atoms. The first-order chi connectivity index (χ1) is 15.5. The van der Waals surface area contributed by atoms with Crippen LogP contribution in [0.3, 0.4) is 0 Å². The lowest BCUT2D eigenvalue weighted by Gasteiger charge is -2.18. The number of rotatable bonds is 8. The van der Waals surface area contributed by atoms with Crippen molar-refractivity contribution in [3.63, 3.8) is 0 Å². The lowest BCUT2D eigenvalue weighted by Crippen LogP contribution is -2.28. The molecule has 0 fully saturated rings. The maximum Gasteiger partial charge on any atom is 0.261 e. The Hall–Kier alpha value is -2.89. The Kier molecular flexibility index (Phi) is 7.45. The summed E-state index contributed by atoms with van der Waals surface area (Å²) < 4.78 is 53.6. The molecule has 0 aliphatic heterocycles. The van der Waals surface area contributed by atoms with Crippen LogP contribution in [0.15, 0.2) is 82.2 Å². The van der Waals surface area contributed by atoms with Crippen molar-refractivity contribution < 1.29 is 21.6 Å². The van der Waals surface area contributed by atoms with Crippen LogP contribution in [-0.4, -0.2) is 35.5 Å². The smallest absolute Gasteiger partial charge is 0.261 e. The summed E-state index contributed by atoms with van der Waals surface area (Å²) in [5.41, 5.74) is 1.62. The molecular weight excluding hydrogens is 530 g/mol. The van der Waals surface area contributed by atoms with E-state index in [1.165, 1.54) is 43.4 Å². The topological polar surface area (TPSA) is 113 Å². The number of nitrogens with zero attached hydrogens (tertiary/aromatic N) is 1. The zero-order chi connectivity index (χ0) is 24.2. The first kappa shape index (κ1) is 24.7. The van der Waals surface area contributed by atoms with Gasteiger partial charge in [-0.15, -0.1) is 0 Å². The Balaban J connectivity index is 1.68. The first-order valence-electron chi connectivity index (χ1n) is 9.78. The molecule has 1 amide bonds. The molecule has 3 rings (SSSR count). The normalized spacial score (nSPS) is 11.6. The summed E-state index contributed by atoms with van der Waals surface area (Å²) in [6, 6.07) is 18.6. The molecule has 3 aromatic carbocycles. The predicted octanol–water partition coefficient (Wildman–Crippen LogP) is 4.29. The zero-order valence-electron chi connectivity index (χ0n) is 17.8. The molecule has 0 heterocycles. The van der Waals surface area contributed by atoms with E-state index in [0.717, 1.165) is 8.78 Å². The van der Waals surface area contributed by atoms with Gasteiger partial charge in [0.25, 0.3) is 15.9 Å². The van der Waals surface area contributed by atoms with E-state index < -0.39 is 26.0 Å². The van der Waals surface area contributed by atoms with Crippen molar-refractivity contribution in [1.29, 1.82) is 0 Å². The average molecular weight is 552 g/mol. The quantitative estimate of drug-likeness (QED) is 0.433. The van der Waals surface area contributed by atoms with Crippen LogP contribution in [0.4, 0.5) is 17.1 Å². The van der Waals surface area contributed by atoms with E-state index in [9.17, 15) is 21.6 Å². The van der Waals surface area contributed by atoms with Gasteiger partial charge in [0.05, 0.1) is 16.3 Å². The minimum Gasteiger partial charge on any atom is -0.322 e. The Bertz CT molecular complexity index is 1340. The minimum absolute atomic E-state index is 0.0316. The molecular formula is C22H22BrN3O5S2. The predicted molar refractivity (Wildman–Crippen MR) is 134 cm³/mol. The summed E-state index contributed by atoms with van der Waals surface area (Å²) in [7, 11) is -5.72. The summed E-state index contributed by atoms with van der Waals surface area (Å²) in [6.45, 7) is 1.56. The number of benzene rings is 3. The van der Waals surface area contributed by atoms with E-state index >= 15 is 0 Å². The number of amides is 1. The number of anilines is 3. The van der Waals surface area contributed by atoms with Crippen molar-refractivity contribution in [2.45, 2.75) is 11.8 Å². The molecule has 0 radical (unpaired) electrons. The fourth-order valence-corrected chi connectivity index (χ4v) is 4.98. The number of carbonyl (C=O) groups is 1.